The molecule has 6 aromatic rings. The van der Waals surface area contributed by atoms with Gasteiger partial charge in [0, 0.05) is 111 Å². The van der Waals surface area contributed by atoms with Crippen LogP contribution in [0.3, 0.4) is 0 Å². The monoisotopic (exact) mass is 1990 g/mol. The van der Waals surface area contributed by atoms with Crippen LogP contribution in [0, 0.1) is 58.4 Å². The average molecular weight is 1990 g/mol. The molecule has 0 aliphatic heterocycles. The lowest BCUT2D eigenvalue weighted by Gasteiger charge is -2.25. The predicted octanol–water partition coefficient (Wildman–Crippen LogP) is 17.3. The van der Waals surface area contributed by atoms with E-state index in [-0.39, 0.29) is 178 Å². The molecule has 0 bridgehead atoms. The summed E-state index contributed by atoms with van der Waals surface area (Å²) in [5, 5.41) is 62.0. The third-order valence-electron chi connectivity index (χ3n) is 21.4. The van der Waals surface area contributed by atoms with Crippen molar-refractivity contribution in [3.05, 3.63) is 111 Å². The summed E-state index contributed by atoms with van der Waals surface area (Å²) in [5.74, 6) is -2.46. The van der Waals surface area contributed by atoms with Crippen LogP contribution >= 0.6 is 0 Å². The molecule has 0 aliphatic rings. The Morgan fingerprint density at radius 3 is 0.652 bits per heavy atom. The third-order valence-corrected chi connectivity index (χ3v) is 26.9. The summed E-state index contributed by atoms with van der Waals surface area (Å²) >= 11 is 0. The zero-order valence-corrected chi connectivity index (χ0v) is 88.2. The van der Waals surface area contributed by atoms with E-state index >= 15 is 0 Å². The highest BCUT2D eigenvalue weighted by molar-refractivity contribution is 7.87. The Morgan fingerprint density at radius 2 is 0.417 bits per heavy atom. The van der Waals surface area contributed by atoms with Crippen molar-refractivity contribution in [2.24, 2.45) is 0 Å². The molecule has 0 saturated heterocycles. The van der Waals surface area contributed by atoms with Gasteiger partial charge in [0.1, 0.15) is 159 Å². The molecular formula is C90H144O36S6. The Morgan fingerprint density at radius 1 is 0.227 bits per heavy atom. The molecule has 0 amide bonds. The molecule has 36 nitrogen and oxygen atoms in total. The number of methoxy groups -OCH3 is 12. The van der Waals surface area contributed by atoms with Crippen LogP contribution in [-0.4, -0.2) is 194 Å². The summed E-state index contributed by atoms with van der Waals surface area (Å²) in [6.07, 6.45) is 6.52. The van der Waals surface area contributed by atoms with Gasteiger partial charge in [-0.25, -0.2) is 50.5 Å². The van der Waals surface area contributed by atoms with Crippen LogP contribution < -0.4 is 56.8 Å². The van der Waals surface area contributed by atoms with Crippen molar-refractivity contribution in [2.45, 2.75) is 267 Å². The zero-order valence-electron chi connectivity index (χ0n) is 83.3. The minimum Gasteiger partial charge on any atom is -0.744 e. The number of ether oxygens (including phenoxy) is 12. The molecule has 0 spiro atoms. The lowest BCUT2D eigenvalue weighted by molar-refractivity contribution is 0.335. The quantitative estimate of drug-likeness (QED) is 0.0157. The Labute approximate surface area is 787 Å². The van der Waals surface area contributed by atoms with Crippen LogP contribution in [-0.2, 0) is 86.4 Å². The van der Waals surface area contributed by atoms with Gasteiger partial charge >= 0.3 is 0 Å². The molecule has 0 saturated carbocycles. The SMILES string of the molecule is CCC(C)c1c(O)c(S(=O)(=O)[O-])c(C)c(OC)c1OC.CCC(C)c1c(O)c(S(=O)(=O)[O-])c(OC)c(C)c1OC.CCCc1c(OC)c(C(C)CC)c(O)c(S(=O)(=O)[O-])c1OC.CCCc1c(OC)c(OC)c(C(C)CC)c(O)c1S(=O)(=O)[O-].CCc1c(OC)c(C(C)CC)c(O)c(S(=O)(=O)[O-])c1OC.CCc1c(OC)c(OC)c(C(C)CC)c(O)c1S(=O)(=O)[O-].[CH3+].[CH3+].[CH3+].[CH3+].[CH3+].[CH3+]. The molecule has 756 valence electrons. The van der Waals surface area contributed by atoms with Crippen molar-refractivity contribution in [2.75, 3.05) is 85.3 Å². The molecule has 6 N–H and O–H groups in total. The molecule has 6 aromatic carbocycles. The van der Waals surface area contributed by atoms with Gasteiger partial charge in [0.25, 0.3) is 0 Å². The van der Waals surface area contributed by atoms with E-state index in [0.29, 0.717) is 115 Å². The molecule has 6 atom stereocenters. The highest BCUT2D eigenvalue weighted by Gasteiger charge is 2.37. The standard InChI is InChI=1S/2C15H24O6S.2C14H22O6S.2C13H20O6S.6CH3/c1-6-8-10-13(20-4)14(21-5)11(9(3)7-2)12(16)15(10)22(17,18)19;1-6-8-10-13(20-4)11(9(3)7-2)12(16)15(14(10)21-5)22(17,18)19;1-6-8(3)10-11(15)14(21(16,17)18)9(7-2)12(19-4)13(10)20-5;1-6-8(3)10-11(15)14(21(16,17)18)13(20-5)9(7-2)12(10)19-4;1-6-7(2)9-10(14)13(20(15,16)17)8(3)11(18-4)12(9)19-5;1-6-7(2)9-10(14)13(20(15,16)17)12(19-5)8(3)11(9)18-4;;;;;;/h2*9,16H,6-8H2,1-5H3,(H,17,18,19);2*8,15H,6-7H2,1-5H3,(H,16,17,18);2*7,14H,6H2,1-5H3,(H,15,16,17);6*1H3/q;;;;;;6*+1/p-6. The van der Waals surface area contributed by atoms with Gasteiger partial charge in [-0.05, 0) is 114 Å². The number of hydrogen-bond acceptors (Lipinski definition) is 36. The van der Waals surface area contributed by atoms with Gasteiger partial charge in [0.05, 0.1) is 85.3 Å². The van der Waals surface area contributed by atoms with Gasteiger partial charge in [-0.3, -0.25) is 0 Å². The van der Waals surface area contributed by atoms with E-state index in [0.717, 1.165) is 0 Å². The van der Waals surface area contributed by atoms with Crippen LogP contribution in [0.2, 0.25) is 0 Å². The minimum absolute atomic E-state index is 0. The number of phenolic OH excluding ortho intramolecular Hbond substituents is 6. The maximum absolute atomic E-state index is 11.7. The molecule has 0 radical (unpaired) electrons. The summed E-state index contributed by atoms with van der Waals surface area (Å²) in [6, 6.07) is 0. The van der Waals surface area contributed by atoms with Crippen LogP contribution in [0.25, 0.3) is 0 Å². The topological polar surface area (TPSA) is 575 Å². The summed E-state index contributed by atoms with van der Waals surface area (Å²) in [7, 11) is -12.7. The molecule has 6 unspecified atom stereocenters. The van der Waals surface area contributed by atoms with E-state index in [1.807, 2.05) is 90.0 Å². The van der Waals surface area contributed by atoms with Crippen LogP contribution in [0.4, 0.5) is 0 Å². The van der Waals surface area contributed by atoms with Gasteiger partial charge in [-0.2, -0.15) is 0 Å². The first kappa shape index (κ1) is 133. The first-order valence-corrected chi connectivity index (χ1v) is 48.5. The molecule has 6 rings (SSSR count). The number of hydrogen-bond donors (Lipinski definition) is 6. The third kappa shape index (κ3) is 29.7. The Hall–Kier alpha value is -9.60. The molecule has 0 aliphatic carbocycles. The summed E-state index contributed by atoms with van der Waals surface area (Å²) in [6.45, 7) is 32.4. The van der Waals surface area contributed by atoms with Crippen molar-refractivity contribution < 1.29 is 165 Å². The number of benzene rings is 6. The van der Waals surface area contributed by atoms with Gasteiger partial charge in [0.2, 0.25) is 0 Å². The van der Waals surface area contributed by atoms with Gasteiger partial charge in [0.15, 0.2) is 34.5 Å². The second-order valence-electron chi connectivity index (χ2n) is 28.9. The molecule has 0 aromatic heterocycles. The normalized spacial score (nSPS) is 12.5. The Bertz CT molecular complexity index is 5350. The fraction of sp³-hybridized carbons (Fsp3) is 0.533. The highest BCUT2D eigenvalue weighted by atomic mass is 32.2. The largest absolute Gasteiger partial charge is 0.744 e. The van der Waals surface area contributed by atoms with Crippen molar-refractivity contribution in [1.82, 2.24) is 0 Å². The zero-order chi connectivity index (χ0) is 98.2. The molecular weight excluding hydrogens is 1850 g/mol. The van der Waals surface area contributed by atoms with E-state index in [1.54, 1.807) is 27.7 Å². The number of aromatic hydroxyl groups is 6. The second kappa shape index (κ2) is 56.6. The summed E-state index contributed by atoms with van der Waals surface area (Å²) in [4.78, 5) is -3.99. The van der Waals surface area contributed by atoms with Crippen LogP contribution in [0.1, 0.15) is 264 Å². The average Bonchev–Trinajstić information content (AvgIpc) is 0.762. The summed E-state index contributed by atoms with van der Waals surface area (Å²) in [5.41, 5.74) is 3.49. The predicted molar refractivity (Wildman–Crippen MR) is 502 cm³/mol. The van der Waals surface area contributed by atoms with E-state index in [4.69, 9.17) is 56.8 Å². The minimum atomic E-state index is -4.89. The van der Waals surface area contributed by atoms with Crippen LogP contribution in [0.5, 0.6) is 103 Å². The summed E-state index contributed by atoms with van der Waals surface area (Å²) < 4.78 is 270. The van der Waals surface area contributed by atoms with Gasteiger partial charge in [-0.15, -0.1) is 0 Å². The van der Waals surface area contributed by atoms with Crippen molar-refractivity contribution in [3.63, 3.8) is 0 Å². The molecule has 0 fully saturated rings. The lowest BCUT2D eigenvalue weighted by atomic mass is 9.92. The van der Waals surface area contributed by atoms with Gasteiger partial charge in [-0.1, -0.05) is 124 Å². The van der Waals surface area contributed by atoms with E-state index in [2.05, 4.69) is 0 Å². The maximum atomic E-state index is 11.7. The van der Waals surface area contributed by atoms with Gasteiger partial charge < -0.3 is 115 Å². The Kier molecular flexibility index (Phi) is 57.0. The van der Waals surface area contributed by atoms with E-state index in [9.17, 15) is 108 Å². The first-order valence-electron chi connectivity index (χ1n) is 40.0. The van der Waals surface area contributed by atoms with E-state index < -0.39 is 125 Å². The van der Waals surface area contributed by atoms with Crippen LogP contribution in [0.15, 0.2) is 29.4 Å². The number of rotatable bonds is 36. The maximum Gasteiger partial charge on any atom is 0.168 e. The first-order chi connectivity index (χ1) is 58.4. The number of phenols is 6. The van der Waals surface area contributed by atoms with Crippen molar-refractivity contribution in [1.29, 1.82) is 0 Å². The molecule has 132 heavy (non-hydrogen) atoms. The van der Waals surface area contributed by atoms with Crippen molar-refractivity contribution >= 4 is 60.7 Å². The van der Waals surface area contributed by atoms with E-state index in [1.165, 1.54) is 92.2 Å². The highest BCUT2D eigenvalue weighted by Crippen LogP contribution is 2.56. The fourth-order valence-electron chi connectivity index (χ4n) is 14.4. The Balaban J connectivity index is -0.000000358. The van der Waals surface area contributed by atoms with Crippen molar-refractivity contribution in [3.8, 4) is 103 Å². The molecule has 42 heteroatoms. The fourth-order valence-corrected chi connectivity index (χ4v) is 19.3. The second-order valence-corrected chi connectivity index (χ2v) is 36.8. The lowest BCUT2D eigenvalue weighted by Crippen LogP contribution is -2.11. The molecule has 0 heterocycles. The smallest absolute Gasteiger partial charge is 0.168 e.